The van der Waals surface area contributed by atoms with Crippen molar-refractivity contribution in [2.24, 2.45) is 0 Å². The second-order valence-electron chi connectivity index (χ2n) is 5.72. The third-order valence-corrected chi connectivity index (χ3v) is 5.09. The lowest BCUT2D eigenvalue weighted by molar-refractivity contribution is 0.0159. The van der Waals surface area contributed by atoms with Crippen LogP contribution in [0.2, 0.25) is 0 Å². The molecule has 0 aromatic carbocycles. The van der Waals surface area contributed by atoms with E-state index in [9.17, 15) is 0 Å². The summed E-state index contributed by atoms with van der Waals surface area (Å²) in [6.45, 7) is 7.42. The fourth-order valence-corrected chi connectivity index (χ4v) is 3.94. The highest BCUT2D eigenvalue weighted by atomic mass is 32.1. The highest BCUT2D eigenvalue weighted by molar-refractivity contribution is 7.07. The van der Waals surface area contributed by atoms with Crippen LogP contribution in [-0.4, -0.2) is 53.0 Å². The van der Waals surface area contributed by atoms with E-state index < -0.39 is 0 Å². The van der Waals surface area contributed by atoms with Crippen LogP contribution in [0.3, 0.4) is 0 Å². The van der Waals surface area contributed by atoms with Crippen molar-refractivity contribution < 1.29 is 0 Å². The number of thiazole rings is 1. The van der Waals surface area contributed by atoms with Crippen LogP contribution in [0.4, 0.5) is 0 Å². The van der Waals surface area contributed by atoms with Crippen molar-refractivity contribution in [1.82, 2.24) is 14.8 Å². The molecule has 2 aliphatic heterocycles. The van der Waals surface area contributed by atoms with Crippen molar-refractivity contribution in [3.8, 4) is 0 Å². The molecule has 3 rings (SSSR count). The predicted octanol–water partition coefficient (Wildman–Crippen LogP) is 2.24. The lowest BCUT2D eigenvalue weighted by Gasteiger charge is -2.47. The number of fused-ring (bicyclic) bond motifs is 1. The van der Waals surface area contributed by atoms with Crippen LogP contribution in [0, 0.1) is 0 Å². The molecule has 100 valence electrons. The zero-order valence-corrected chi connectivity index (χ0v) is 12.0. The third kappa shape index (κ3) is 2.76. The van der Waals surface area contributed by atoms with Crippen LogP contribution in [-0.2, 0) is 6.42 Å². The molecule has 18 heavy (non-hydrogen) atoms. The second kappa shape index (κ2) is 5.68. The number of rotatable bonds is 3. The molecule has 3 heterocycles. The summed E-state index contributed by atoms with van der Waals surface area (Å²) in [6.07, 6.45) is 5.35. The molecule has 0 bridgehead atoms. The number of nitrogens with zero attached hydrogens (tertiary/aromatic N) is 3. The maximum atomic E-state index is 4.39. The maximum Gasteiger partial charge on any atom is 0.0794 e. The van der Waals surface area contributed by atoms with E-state index in [1.165, 1.54) is 51.1 Å². The molecule has 2 unspecified atom stereocenters. The fourth-order valence-electron chi connectivity index (χ4n) is 3.34. The molecule has 0 N–H and O–H groups in total. The summed E-state index contributed by atoms with van der Waals surface area (Å²) in [5.41, 5.74) is 3.20. The van der Waals surface area contributed by atoms with Gasteiger partial charge in [0.25, 0.3) is 0 Å². The molecule has 0 aliphatic carbocycles. The Morgan fingerprint density at radius 2 is 2.33 bits per heavy atom. The minimum atomic E-state index is 0.706. The molecule has 1 aromatic rings. The summed E-state index contributed by atoms with van der Waals surface area (Å²) >= 11 is 1.71. The Morgan fingerprint density at radius 1 is 1.39 bits per heavy atom. The van der Waals surface area contributed by atoms with Gasteiger partial charge in [0.2, 0.25) is 0 Å². The van der Waals surface area contributed by atoms with Gasteiger partial charge in [-0.3, -0.25) is 9.80 Å². The summed E-state index contributed by atoms with van der Waals surface area (Å²) in [7, 11) is 0. The normalized spacial score (nSPS) is 30.3. The molecule has 3 nitrogen and oxygen atoms in total. The van der Waals surface area contributed by atoms with E-state index in [-0.39, 0.29) is 0 Å². The van der Waals surface area contributed by atoms with Gasteiger partial charge < -0.3 is 0 Å². The Hall–Kier alpha value is -0.450. The standard InChI is InChI=1S/C14H23N3S/c1-12-8-17-6-3-2-4-14(17)9-16(12)7-5-13-10-18-11-15-13/h10-12,14H,2-9H2,1H3. The van der Waals surface area contributed by atoms with Crippen molar-refractivity contribution in [3.63, 3.8) is 0 Å². The van der Waals surface area contributed by atoms with Crippen LogP contribution in [0.25, 0.3) is 0 Å². The summed E-state index contributed by atoms with van der Waals surface area (Å²) in [4.78, 5) is 9.78. The molecule has 0 saturated carbocycles. The largest absolute Gasteiger partial charge is 0.298 e. The first kappa shape index (κ1) is 12.6. The summed E-state index contributed by atoms with van der Waals surface area (Å²) in [5, 5.41) is 2.18. The quantitative estimate of drug-likeness (QED) is 0.835. The summed E-state index contributed by atoms with van der Waals surface area (Å²) in [6, 6.07) is 1.53. The summed E-state index contributed by atoms with van der Waals surface area (Å²) < 4.78 is 0. The Kier molecular flexibility index (Phi) is 3.97. The first-order valence-corrected chi connectivity index (χ1v) is 8.12. The monoisotopic (exact) mass is 265 g/mol. The molecular weight excluding hydrogens is 242 g/mol. The Labute approximate surface area is 114 Å². The Morgan fingerprint density at radius 3 is 3.17 bits per heavy atom. The van der Waals surface area contributed by atoms with Crippen molar-refractivity contribution >= 4 is 11.3 Å². The van der Waals surface area contributed by atoms with E-state index in [1.807, 2.05) is 5.51 Å². The average molecular weight is 265 g/mol. The number of hydrogen-bond acceptors (Lipinski definition) is 4. The van der Waals surface area contributed by atoms with Gasteiger partial charge in [-0.05, 0) is 26.3 Å². The molecule has 4 heteroatoms. The van der Waals surface area contributed by atoms with E-state index in [2.05, 4.69) is 27.1 Å². The zero-order chi connectivity index (χ0) is 12.4. The predicted molar refractivity (Wildman–Crippen MR) is 76.1 cm³/mol. The number of piperidine rings is 1. The van der Waals surface area contributed by atoms with E-state index in [1.54, 1.807) is 11.3 Å². The van der Waals surface area contributed by atoms with Gasteiger partial charge in [-0.2, -0.15) is 0 Å². The van der Waals surface area contributed by atoms with Crippen LogP contribution < -0.4 is 0 Å². The number of aromatic nitrogens is 1. The highest BCUT2D eigenvalue weighted by Crippen LogP contribution is 2.24. The Balaban J connectivity index is 1.55. The van der Waals surface area contributed by atoms with Crippen molar-refractivity contribution in [2.45, 2.75) is 44.7 Å². The zero-order valence-electron chi connectivity index (χ0n) is 11.2. The van der Waals surface area contributed by atoms with Crippen LogP contribution in [0.15, 0.2) is 10.9 Å². The van der Waals surface area contributed by atoms with Crippen LogP contribution in [0.1, 0.15) is 31.9 Å². The van der Waals surface area contributed by atoms with Gasteiger partial charge in [0.1, 0.15) is 0 Å². The van der Waals surface area contributed by atoms with Crippen LogP contribution >= 0.6 is 11.3 Å². The van der Waals surface area contributed by atoms with Gasteiger partial charge >= 0.3 is 0 Å². The lowest BCUT2D eigenvalue weighted by atomic mass is 9.97. The Bertz CT molecular complexity index is 365. The van der Waals surface area contributed by atoms with Crippen molar-refractivity contribution in [3.05, 3.63) is 16.6 Å². The molecule has 0 radical (unpaired) electrons. The first-order valence-electron chi connectivity index (χ1n) is 7.18. The van der Waals surface area contributed by atoms with Crippen molar-refractivity contribution in [2.75, 3.05) is 26.2 Å². The maximum absolute atomic E-state index is 4.39. The van der Waals surface area contributed by atoms with Gasteiger partial charge in [-0.25, -0.2) is 4.98 Å². The van der Waals surface area contributed by atoms with E-state index in [0.29, 0.717) is 6.04 Å². The topological polar surface area (TPSA) is 19.4 Å². The van der Waals surface area contributed by atoms with Crippen molar-refractivity contribution in [1.29, 1.82) is 0 Å². The van der Waals surface area contributed by atoms with Crippen LogP contribution in [0.5, 0.6) is 0 Å². The van der Waals surface area contributed by atoms with Gasteiger partial charge in [-0.15, -0.1) is 11.3 Å². The molecular formula is C14H23N3S. The smallest absolute Gasteiger partial charge is 0.0794 e. The average Bonchev–Trinajstić information content (AvgIpc) is 2.89. The molecule has 0 amide bonds. The van der Waals surface area contributed by atoms with E-state index in [0.717, 1.165) is 12.5 Å². The van der Waals surface area contributed by atoms with Gasteiger partial charge in [-0.1, -0.05) is 6.42 Å². The number of hydrogen-bond donors (Lipinski definition) is 0. The SMILES string of the molecule is CC1CN2CCCCC2CN1CCc1cscn1. The van der Waals surface area contributed by atoms with Gasteiger partial charge in [0.05, 0.1) is 11.2 Å². The molecule has 1 aromatic heterocycles. The lowest BCUT2D eigenvalue weighted by Crippen LogP contribution is -2.58. The number of piperazine rings is 1. The van der Waals surface area contributed by atoms with E-state index in [4.69, 9.17) is 0 Å². The fraction of sp³-hybridized carbons (Fsp3) is 0.786. The molecule has 2 fully saturated rings. The molecule has 2 atom stereocenters. The third-order valence-electron chi connectivity index (χ3n) is 4.46. The molecule has 2 saturated heterocycles. The van der Waals surface area contributed by atoms with Gasteiger partial charge in [0.15, 0.2) is 0 Å². The molecule has 2 aliphatic rings. The first-order chi connectivity index (χ1) is 8.83. The minimum absolute atomic E-state index is 0.706. The molecule has 0 spiro atoms. The second-order valence-corrected chi connectivity index (χ2v) is 6.44. The minimum Gasteiger partial charge on any atom is -0.298 e. The summed E-state index contributed by atoms with van der Waals surface area (Å²) in [5.74, 6) is 0. The van der Waals surface area contributed by atoms with E-state index >= 15 is 0 Å². The highest BCUT2D eigenvalue weighted by Gasteiger charge is 2.32. The van der Waals surface area contributed by atoms with Gasteiger partial charge in [0, 0.05) is 43.5 Å².